The molecular formula is C15H21NO4. The van der Waals surface area contributed by atoms with Crippen LogP contribution >= 0.6 is 0 Å². The van der Waals surface area contributed by atoms with Crippen molar-refractivity contribution in [2.45, 2.75) is 33.2 Å². The molecule has 0 spiro atoms. The van der Waals surface area contributed by atoms with Crippen LogP contribution < -0.4 is 10.1 Å². The van der Waals surface area contributed by atoms with E-state index in [9.17, 15) is 9.59 Å². The number of hydrogen-bond donors (Lipinski definition) is 2. The highest BCUT2D eigenvalue weighted by Gasteiger charge is 2.25. The first-order chi connectivity index (χ1) is 9.45. The molecule has 0 aromatic heterocycles. The van der Waals surface area contributed by atoms with E-state index in [1.54, 1.807) is 13.0 Å². The second kappa shape index (κ2) is 7.53. The number of benzene rings is 1. The zero-order valence-corrected chi connectivity index (χ0v) is 12.1. The number of carbonyl (C=O) groups is 2. The molecule has 2 N–H and O–H groups in total. The Balaban J connectivity index is 2.55. The molecule has 2 atom stereocenters. The van der Waals surface area contributed by atoms with E-state index in [2.05, 4.69) is 5.32 Å². The Labute approximate surface area is 118 Å². The van der Waals surface area contributed by atoms with Crippen molar-refractivity contribution in [2.75, 3.05) is 6.61 Å². The topological polar surface area (TPSA) is 75.6 Å². The van der Waals surface area contributed by atoms with Gasteiger partial charge in [0.05, 0.1) is 0 Å². The van der Waals surface area contributed by atoms with Gasteiger partial charge in [-0.2, -0.15) is 0 Å². The van der Waals surface area contributed by atoms with Crippen molar-refractivity contribution in [3.8, 4) is 5.75 Å². The number of hydrogen-bond acceptors (Lipinski definition) is 3. The van der Waals surface area contributed by atoms with Crippen LogP contribution in [-0.2, 0) is 9.59 Å². The minimum absolute atomic E-state index is 0.130. The fourth-order valence-corrected chi connectivity index (χ4v) is 1.76. The number of carboxylic acids is 1. The molecule has 0 bridgehead atoms. The maximum atomic E-state index is 11.8. The van der Waals surface area contributed by atoms with E-state index in [0.29, 0.717) is 12.2 Å². The number of rotatable bonds is 7. The summed E-state index contributed by atoms with van der Waals surface area (Å²) in [7, 11) is 0. The number of carbonyl (C=O) groups excluding carboxylic acids is 1. The summed E-state index contributed by atoms with van der Waals surface area (Å²) in [6, 6.07) is 6.47. The van der Waals surface area contributed by atoms with Crippen LogP contribution in [0.2, 0.25) is 0 Å². The zero-order chi connectivity index (χ0) is 15.1. The molecular weight excluding hydrogens is 258 g/mol. The van der Waals surface area contributed by atoms with Gasteiger partial charge in [0, 0.05) is 0 Å². The van der Waals surface area contributed by atoms with E-state index in [1.807, 2.05) is 32.0 Å². The fraction of sp³-hybridized carbons (Fsp3) is 0.467. The van der Waals surface area contributed by atoms with Gasteiger partial charge in [-0.25, -0.2) is 4.79 Å². The molecule has 0 radical (unpaired) electrons. The van der Waals surface area contributed by atoms with E-state index < -0.39 is 17.9 Å². The molecule has 0 saturated carbocycles. The molecule has 1 unspecified atom stereocenters. The minimum Gasteiger partial charge on any atom is -0.484 e. The van der Waals surface area contributed by atoms with Crippen molar-refractivity contribution in [3.05, 3.63) is 29.8 Å². The van der Waals surface area contributed by atoms with Crippen molar-refractivity contribution in [1.29, 1.82) is 0 Å². The van der Waals surface area contributed by atoms with Gasteiger partial charge in [0.2, 0.25) is 0 Å². The molecule has 110 valence electrons. The summed E-state index contributed by atoms with van der Waals surface area (Å²) in [6.07, 6.45) is 0.676. The van der Waals surface area contributed by atoms with Gasteiger partial charge in [0.15, 0.2) is 6.61 Å². The first-order valence-corrected chi connectivity index (χ1v) is 6.66. The normalized spacial score (nSPS) is 13.3. The van der Waals surface area contributed by atoms with Crippen LogP contribution in [0.15, 0.2) is 24.3 Å². The van der Waals surface area contributed by atoms with Crippen LogP contribution in [0, 0.1) is 12.8 Å². The van der Waals surface area contributed by atoms with Crippen molar-refractivity contribution in [2.24, 2.45) is 5.92 Å². The van der Waals surface area contributed by atoms with Gasteiger partial charge in [-0.3, -0.25) is 4.79 Å². The van der Waals surface area contributed by atoms with Crippen LogP contribution in [0.3, 0.4) is 0 Å². The Bertz CT molecular complexity index is 473. The lowest BCUT2D eigenvalue weighted by atomic mass is 9.99. The standard InChI is InChI=1S/C15H21NO4/c1-4-10(2)14(15(18)19)16-13(17)9-20-12-8-6-5-7-11(12)3/h5-8,10,14H,4,9H2,1-3H3,(H,16,17)(H,18,19)/t10?,14-/m0/s1. The molecule has 0 fully saturated rings. The number of aliphatic carboxylic acids is 1. The second-order valence-corrected chi connectivity index (χ2v) is 4.82. The summed E-state index contributed by atoms with van der Waals surface area (Å²) in [4.78, 5) is 22.9. The number of nitrogens with one attached hydrogen (secondary N) is 1. The summed E-state index contributed by atoms with van der Waals surface area (Å²) < 4.78 is 5.39. The van der Waals surface area contributed by atoms with E-state index in [4.69, 9.17) is 9.84 Å². The largest absolute Gasteiger partial charge is 0.484 e. The molecule has 0 saturated heterocycles. The highest BCUT2D eigenvalue weighted by Crippen LogP contribution is 2.16. The smallest absolute Gasteiger partial charge is 0.326 e. The molecule has 1 amide bonds. The van der Waals surface area contributed by atoms with Gasteiger partial charge in [0.1, 0.15) is 11.8 Å². The average molecular weight is 279 g/mol. The second-order valence-electron chi connectivity index (χ2n) is 4.82. The van der Waals surface area contributed by atoms with Crippen LogP contribution in [0.5, 0.6) is 5.75 Å². The van der Waals surface area contributed by atoms with Crippen LogP contribution in [-0.4, -0.2) is 29.6 Å². The summed E-state index contributed by atoms with van der Waals surface area (Å²) in [5.41, 5.74) is 0.928. The lowest BCUT2D eigenvalue weighted by Gasteiger charge is -2.20. The van der Waals surface area contributed by atoms with Gasteiger partial charge >= 0.3 is 5.97 Å². The van der Waals surface area contributed by atoms with Crippen molar-refractivity contribution >= 4 is 11.9 Å². The molecule has 0 aliphatic carbocycles. The van der Waals surface area contributed by atoms with Crippen LogP contribution in [0.25, 0.3) is 0 Å². The summed E-state index contributed by atoms with van der Waals surface area (Å²) in [6.45, 7) is 5.37. The quantitative estimate of drug-likeness (QED) is 0.800. The number of aryl methyl sites for hydroxylation is 1. The first kappa shape index (κ1) is 16.0. The summed E-state index contributed by atoms with van der Waals surface area (Å²) >= 11 is 0. The molecule has 5 heteroatoms. The third-order valence-electron chi connectivity index (χ3n) is 3.25. The number of amides is 1. The zero-order valence-electron chi connectivity index (χ0n) is 12.1. The van der Waals surface area contributed by atoms with Gasteiger partial charge in [-0.15, -0.1) is 0 Å². The molecule has 1 aromatic rings. The number of ether oxygens (including phenoxy) is 1. The van der Waals surface area contributed by atoms with Gasteiger partial charge in [0.25, 0.3) is 5.91 Å². The van der Waals surface area contributed by atoms with Gasteiger partial charge in [-0.05, 0) is 24.5 Å². The van der Waals surface area contributed by atoms with Crippen molar-refractivity contribution < 1.29 is 19.4 Å². The van der Waals surface area contributed by atoms with E-state index in [-0.39, 0.29) is 12.5 Å². The van der Waals surface area contributed by atoms with E-state index in [0.717, 1.165) is 5.56 Å². The van der Waals surface area contributed by atoms with Crippen LogP contribution in [0.4, 0.5) is 0 Å². The maximum absolute atomic E-state index is 11.8. The Hall–Kier alpha value is -2.04. The predicted molar refractivity (Wildman–Crippen MR) is 75.7 cm³/mol. The Kier molecular flexibility index (Phi) is 6.03. The molecule has 0 heterocycles. The van der Waals surface area contributed by atoms with Crippen molar-refractivity contribution in [3.63, 3.8) is 0 Å². The lowest BCUT2D eigenvalue weighted by Crippen LogP contribution is -2.46. The summed E-state index contributed by atoms with van der Waals surface area (Å²) in [5.74, 6) is -0.961. The Morgan fingerprint density at radius 2 is 2.00 bits per heavy atom. The molecule has 5 nitrogen and oxygen atoms in total. The summed E-state index contributed by atoms with van der Waals surface area (Å²) in [5, 5.41) is 11.6. The highest BCUT2D eigenvalue weighted by atomic mass is 16.5. The molecule has 1 aromatic carbocycles. The third-order valence-corrected chi connectivity index (χ3v) is 3.25. The lowest BCUT2D eigenvalue weighted by molar-refractivity contribution is -0.143. The molecule has 20 heavy (non-hydrogen) atoms. The SMILES string of the molecule is CCC(C)[C@H](NC(=O)COc1ccccc1C)C(=O)O. The van der Waals surface area contributed by atoms with E-state index >= 15 is 0 Å². The number of para-hydroxylation sites is 1. The van der Waals surface area contributed by atoms with E-state index in [1.165, 1.54) is 0 Å². The van der Waals surface area contributed by atoms with Crippen molar-refractivity contribution in [1.82, 2.24) is 5.32 Å². The van der Waals surface area contributed by atoms with Gasteiger partial charge < -0.3 is 15.2 Å². The molecule has 0 aliphatic heterocycles. The average Bonchev–Trinajstić information content (AvgIpc) is 2.42. The number of carboxylic acid groups (broad SMARTS) is 1. The Morgan fingerprint density at radius 1 is 1.35 bits per heavy atom. The molecule has 1 rings (SSSR count). The van der Waals surface area contributed by atoms with Crippen LogP contribution in [0.1, 0.15) is 25.8 Å². The predicted octanol–water partition coefficient (Wildman–Crippen LogP) is 1.99. The molecule has 0 aliphatic rings. The third kappa shape index (κ3) is 4.57. The van der Waals surface area contributed by atoms with Gasteiger partial charge in [-0.1, -0.05) is 38.5 Å². The maximum Gasteiger partial charge on any atom is 0.326 e. The highest BCUT2D eigenvalue weighted by molar-refractivity contribution is 5.84. The monoisotopic (exact) mass is 279 g/mol. The first-order valence-electron chi connectivity index (χ1n) is 6.66. The Morgan fingerprint density at radius 3 is 2.55 bits per heavy atom. The fourth-order valence-electron chi connectivity index (χ4n) is 1.76. The minimum atomic E-state index is -1.02.